The lowest BCUT2D eigenvalue weighted by molar-refractivity contribution is -0.123. The maximum Gasteiger partial charge on any atom is 0.262 e. The number of amides is 2. The minimum atomic E-state index is -0.661. The molecule has 0 bridgehead atoms. The van der Waals surface area contributed by atoms with E-state index < -0.39 is 6.04 Å². The van der Waals surface area contributed by atoms with E-state index in [0.29, 0.717) is 17.7 Å². The Bertz CT molecular complexity index is 679. The van der Waals surface area contributed by atoms with Gasteiger partial charge in [-0.2, -0.15) is 5.10 Å². The number of nitrogens with zero attached hydrogens (tertiary/aromatic N) is 1. The smallest absolute Gasteiger partial charge is 0.262 e. The lowest BCUT2D eigenvalue weighted by Gasteiger charge is -2.18. The van der Waals surface area contributed by atoms with Crippen molar-refractivity contribution in [1.29, 1.82) is 0 Å². The number of carbonyl (C=O) groups is 2. The van der Waals surface area contributed by atoms with E-state index in [-0.39, 0.29) is 17.7 Å². The van der Waals surface area contributed by atoms with E-state index in [1.54, 1.807) is 36.4 Å². The van der Waals surface area contributed by atoms with E-state index in [1.165, 1.54) is 12.5 Å². The summed E-state index contributed by atoms with van der Waals surface area (Å²) < 4.78 is 5.09. The molecular weight excluding hydrogens is 306 g/mol. The standard InChI is InChI=1S/C18H21N3O3/c1-13(2)11-16(20-17(22)14-7-4-3-5-8-14)18(23)21-19-12-15-9-6-10-24-15/h3-10,12-13,16H,11H2,1-2H3,(H,20,22)(H,21,23)/t16-/m0/s1. The summed E-state index contributed by atoms with van der Waals surface area (Å²) in [5.41, 5.74) is 2.95. The predicted octanol–water partition coefficient (Wildman–Crippen LogP) is 2.57. The summed E-state index contributed by atoms with van der Waals surface area (Å²) in [5.74, 6) is 0.122. The predicted molar refractivity (Wildman–Crippen MR) is 91.6 cm³/mol. The first kappa shape index (κ1) is 17.5. The molecule has 126 valence electrons. The van der Waals surface area contributed by atoms with Gasteiger partial charge in [-0.05, 0) is 36.6 Å². The number of carbonyl (C=O) groups excluding carboxylic acids is 2. The van der Waals surface area contributed by atoms with Crippen molar-refractivity contribution in [3.63, 3.8) is 0 Å². The van der Waals surface area contributed by atoms with Crippen LogP contribution in [0.2, 0.25) is 0 Å². The Kier molecular flexibility index (Phi) is 6.31. The van der Waals surface area contributed by atoms with Crippen molar-refractivity contribution in [2.24, 2.45) is 11.0 Å². The van der Waals surface area contributed by atoms with Gasteiger partial charge >= 0.3 is 0 Å². The lowest BCUT2D eigenvalue weighted by Crippen LogP contribution is -2.46. The highest BCUT2D eigenvalue weighted by Crippen LogP contribution is 2.07. The Labute approximate surface area is 140 Å². The van der Waals surface area contributed by atoms with Crippen LogP contribution in [0.1, 0.15) is 36.4 Å². The highest BCUT2D eigenvalue weighted by molar-refractivity contribution is 5.97. The summed E-state index contributed by atoms with van der Waals surface area (Å²) in [6, 6.07) is 11.6. The Morgan fingerprint density at radius 3 is 2.54 bits per heavy atom. The van der Waals surface area contributed by atoms with Crippen LogP contribution in [0.5, 0.6) is 0 Å². The van der Waals surface area contributed by atoms with Crippen LogP contribution in [0.25, 0.3) is 0 Å². The highest BCUT2D eigenvalue weighted by Gasteiger charge is 2.22. The second-order valence-corrected chi connectivity index (χ2v) is 5.77. The maximum atomic E-state index is 12.3. The summed E-state index contributed by atoms with van der Waals surface area (Å²) in [6.45, 7) is 3.97. The van der Waals surface area contributed by atoms with E-state index in [4.69, 9.17) is 4.42 Å². The van der Waals surface area contributed by atoms with Crippen LogP contribution in [0.3, 0.4) is 0 Å². The number of furan rings is 1. The zero-order valence-corrected chi connectivity index (χ0v) is 13.7. The number of hydrazone groups is 1. The monoisotopic (exact) mass is 327 g/mol. The van der Waals surface area contributed by atoms with Gasteiger partial charge < -0.3 is 9.73 Å². The molecule has 1 aromatic heterocycles. The second kappa shape index (κ2) is 8.67. The molecule has 6 heteroatoms. The zero-order chi connectivity index (χ0) is 17.4. The minimum Gasteiger partial charge on any atom is -0.463 e. The van der Waals surface area contributed by atoms with Crippen molar-refractivity contribution in [2.75, 3.05) is 0 Å². The zero-order valence-electron chi connectivity index (χ0n) is 13.7. The first-order chi connectivity index (χ1) is 11.6. The topological polar surface area (TPSA) is 83.7 Å². The summed E-state index contributed by atoms with van der Waals surface area (Å²) >= 11 is 0. The molecule has 0 saturated carbocycles. The van der Waals surface area contributed by atoms with Crippen LogP contribution in [0.15, 0.2) is 58.2 Å². The van der Waals surface area contributed by atoms with Crippen molar-refractivity contribution in [1.82, 2.24) is 10.7 Å². The Balaban J connectivity index is 1.98. The Morgan fingerprint density at radius 1 is 1.17 bits per heavy atom. The van der Waals surface area contributed by atoms with Crippen LogP contribution in [0, 0.1) is 5.92 Å². The molecule has 2 N–H and O–H groups in total. The van der Waals surface area contributed by atoms with Crippen LogP contribution >= 0.6 is 0 Å². The molecule has 0 radical (unpaired) electrons. The van der Waals surface area contributed by atoms with E-state index in [9.17, 15) is 9.59 Å². The highest BCUT2D eigenvalue weighted by atomic mass is 16.3. The fraction of sp³-hybridized carbons (Fsp3) is 0.278. The molecule has 1 heterocycles. The van der Waals surface area contributed by atoms with Gasteiger partial charge in [-0.1, -0.05) is 32.0 Å². The summed E-state index contributed by atoms with van der Waals surface area (Å²) in [7, 11) is 0. The molecule has 0 fully saturated rings. The molecule has 1 aromatic carbocycles. The molecule has 1 atom stereocenters. The van der Waals surface area contributed by atoms with Gasteiger partial charge in [-0.25, -0.2) is 5.43 Å². The minimum absolute atomic E-state index is 0.242. The largest absolute Gasteiger partial charge is 0.463 e. The van der Waals surface area contributed by atoms with Crippen LogP contribution < -0.4 is 10.7 Å². The fourth-order valence-corrected chi connectivity index (χ4v) is 2.14. The number of hydrogen-bond donors (Lipinski definition) is 2. The summed E-state index contributed by atoms with van der Waals surface area (Å²) in [5, 5.41) is 6.61. The first-order valence-electron chi connectivity index (χ1n) is 7.78. The van der Waals surface area contributed by atoms with Crippen molar-refractivity contribution < 1.29 is 14.0 Å². The van der Waals surface area contributed by atoms with E-state index in [0.717, 1.165) is 0 Å². The molecule has 0 aliphatic heterocycles. The number of rotatable bonds is 7. The third-order valence-electron chi connectivity index (χ3n) is 3.27. The van der Waals surface area contributed by atoms with E-state index in [2.05, 4.69) is 15.8 Å². The van der Waals surface area contributed by atoms with Gasteiger partial charge in [0, 0.05) is 5.56 Å². The third-order valence-corrected chi connectivity index (χ3v) is 3.27. The van der Waals surface area contributed by atoms with Crippen LogP contribution in [-0.2, 0) is 4.79 Å². The molecule has 2 aromatic rings. The average molecular weight is 327 g/mol. The molecule has 6 nitrogen and oxygen atoms in total. The summed E-state index contributed by atoms with van der Waals surface area (Å²) in [6.07, 6.45) is 3.44. The molecular formula is C18H21N3O3. The first-order valence-corrected chi connectivity index (χ1v) is 7.78. The molecule has 0 aliphatic rings. The van der Waals surface area contributed by atoms with Gasteiger partial charge in [0.05, 0.1) is 12.5 Å². The quantitative estimate of drug-likeness (QED) is 0.605. The van der Waals surface area contributed by atoms with Gasteiger partial charge in [-0.15, -0.1) is 0 Å². The molecule has 0 unspecified atom stereocenters. The normalized spacial score (nSPS) is 12.3. The van der Waals surface area contributed by atoms with Crippen LogP contribution in [0.4, 0.5) is 0 Å². The SMILES string of the molecule is CC(C)C[C@H](NC(=O)c1ccccc1)C(=O)NN=Cc1ccco1. The van der Waals surface area contributed by atoms with Gasteiger partial charge in [0.15, 0.2) is 0 Å². The number of nitrogens with one attached hydrogen (secondary N) is 2. The fourth-order valence-electron chi connectivity index (χ4n) is 2.14. The Hall–Kier alpha value is -2.89. The Morgan fingerprint density at radius 2 is 1.92 bits per heavy atom. The molecule has 0 spiro atoms. The molecule has 0 saturated heterocycles. The van der Waals surface area contributed by atoms with E-state index in [1.807, 2.05) is 19.9 Å². The van der Waals surface area contributed by atoms with Gasteiger partial charge in [0.1, 0.15) is 11.8 Å². The second-order valence-electron chi connectivity index (χ2n) is 5.77. The van der Waals surface area contributed by atoms with Crippen molar-refractivity contribution in [3.05, 3.63) is 60.1 Å². The average Bonchev–Trinajstić information content (AvgIpc) is 3.08. The van der Waals surface area contributed by atoms with Gasteiger partial charge in [0.25, 0.3) is 11.8 Å². The van der Waals surface area contributed by atoms with Gasteiger partial charge in [-0.3, -0.25) is 9.59 Å². The van der Waals surface area contributed by atoms with E-state index >= 15 is 0 Å². The summed E-state index contributed by atoms with van der Waals surface area (Å²) in [4.78, 5) is 24.6. The number of hydrogen-bond acceptors (Lipinski definition) is 4. The molecule has 0 aliphatic carbocycles. The molecule has 2 amide bonds. The van der Waals surface area contributed by atoms with Crippen LogP contribution in [-0.4, -0.2) is 24.1 Å². The lowest BCUT2D eigenvalue weighted by atomic mass is 10.0. The molecule has 2 rings (SSSR count). The molecule has 24 heavy (non-hydrogen) atoms. The number of benzene rings is 1. The van der Waals surface area contributed by atoms with Crippen molar-refractivity contribution in [3.8, 4) is 0 Å². The maximum absolute atomic E-state index is 12.3. The van der Waals surface area contributed by atoms with Crippen molar-refractivity contribution in [2.45, 2.75) is 26.3 Å². The van der Waals surface area contributed by atoms with Crippen molar-refractivity contribution >= 4 is 18.0 Å². The third kappa shape index (κ3) is 5.39. The van der Waals surface area contributed by atoms with Gasteiger partial charge in [0.2, 0.25) is 0 Å².